The first kappa shape index (κ1) is 17.5. The number of hydrogen-bond acceptors (Lipinski definition) is 2. The fraction of sp³-hybridized carbons (Fsp3) is 0.190. The van der Waals surface area contributed by atoms with Crippen LogP contribution in [0.1, 0.15) is 23.6 Å². The Hall–Kier alpha value is -1.94. The number of hydrogen-bond donors (Lipinski definition) is 0. The molecular formula is C21H17Cl2FN2. The molecule has 2 aromatic carbocycles. The third-order valence-electron chi connectivity index (χ3n) is 4.78. The molecule has 132 valence electrons. The summed E-state index contributed by atoms with van der Waals surface area (Å²) >= 11 is 12.2. The van der Waals surface area contributed by atoms with Crippen molar-refractivity contribution in [2.45, 2.75) is 19.0 Å². The molecule has 2 nitrogen and oxygen atoms in total. The molecule has 0 bridgehead atoms. The van der Waals surface area contributed by atoms with Gasteiger partial charge in [0.2, 0.25) is 0 Å². The minimum atomic E-state index is -0.439. The molecule has 1 aliphatic rings. The second kappa shape index (κ2) is 7.36. The predicted octanol–water partition coefficient (Wildman–Crippen LogP) is 6.14. The number of nitrogens with zero attached hydrogens (tertiary/aromatic N) is 2. The summed E-state index contributed by atoms with van der Waals surface area (Å²) in [5.74, 6) is -0.439. The molecule has 4 rings (SSSR count). The molecule has 0 radical (unpaired) electrons. The third-order valence-corrected chi connectivity index (χ3v) is 5.26. The lowest BCUT2D eigenvalue weighted by atomic mass is 9.93. The molecule has 0 amide bonds. The highest BCUT2D eigenvalue weighted by atomic mass is 35.5. The Balaban J connectivity index is 1.61. The fourth-order valence-electron chi connectivity index (χ4n) is 3.34. The van der Waals surface area contributed by atoms with Crippen molar-refractivity contribution in [2.75, 3.05) is 6.54 Å². The van der Waals surface area contributed by atoms with Crippen LogP contribution in [0, 0.1) is 5.82 Å². The van der Waals surface area contributed by atoms with Crippen LogP contribution in [0.3, 0.4) is 0 Å². The molecular weight excluding hydrogens is 370 g/mol. The van der Waals surface area contributed by atoms with E-state index in [0.717, 1.165) is 30.6 Å². The lowest BCUT2D eigenvalue weighted by Gasteiger charge is -2.41. The maximum absolute atomic E-state index is 13.4. The largest absolute Gasteiger partial charge is 0.292 e. The van der Waals surface area contributed by atoms with Gasteiger partial charge in [-0.2, -0.15) is 0 Å². The molecule has 0 saturated carbocycles. The Labute approximate surface area is 162 Å². The molecule has 26 heavy (non-hydrogen) atoms. The van der Waals surface area contributed by atoms with Crippen molar-refractivity contribution in [3.63, 3.8) is 0 Å². The first-order valence-corrected chi connectivity index (χ1v) is 9.26. The standard InChI is InChI=1S/C21H17Cl2FN2/c22-17-10-15(6-7-18(17)24)19-11-16(12-21(23)25-19)20-8-9-26(20)13-14-4-2-1-3-5-14/h1-7,10-12,20H,8-9,13H2. The van der Waals surface area contributed by atoms with Crippen molar-refractivity contribution in [3.05, 3.63) is 87.8 Å². The van der Waals surface area contributed by atoms with Crippen molar-refractivity contribution in [2.24, 2.45) is 0 Å². The summed E-state index contributed by atoms with van der Waals surface area (Å²) in [7, 11) is 0. The number of benzene rings is 2. The summed E-state index contributed by atoms with van der Waals surface area (Å²) in [6, 6.07) is 19.3. The second-order valence-corrected chi connectivity index (χ2v) is 7.29. The van der Waals surface area contributed by atoms with E-state index in [9.17, 15) is 4.39 Å². The van der Waals surface area contributed by atoms with E-state index in [2.05, 4.69) is 34.1 Å². The Morgan fingerprint density at radius 2 is 1.85 bits per heavy atom. The number of rotatable bonds is 4. The molecule has 1 aliphatic heterocycles. The molecule has 2 heterocycles. The smallest absolute Gasteiger partial charge is 0.141 e. The Morgan fingerprint density at radius 3 is 2.54 bits per heavy atom. The fourth-order valence-corrected chi connectivity index (χ4v) is 3.74. The average Bonchev–Trinajstić information content (AvgIpc) is 2.61. The Bertz CT molecular complexity index is 931. The van der Waals surface area contributed by atoms with Gasteiger partial charge in [0.15, 0.2) is 0 Å². The van der Waals surface area contributed by atoms with E-state index in [-0.39, 0.29) is 5.02 Å². The number of pyridine rings is 1. The topological polar surface area (TPSA) is 16.1 Å². The number of aromatic nitrogens is 1. The van der Waals surface area contributed by atoms with Gasteiger partial charge < -0.3 is 0 Å². The second-order valence-electron chi connectivity index (χ2n) is 6.50. The molecule has 1 aromatic heterocycles. The molecule has 1 saturated heterocycles. The van der Waals surface area contributed by atoms with Crippen LogP contribution < -0.4 is 0 Å². The van der Waals surface area contributed by atoms with Crippen LogP contribution in [0.15, 0.2) is 60.7 Å². The first-order valence-electron chi connectivity index (χ1n) is 8.51. The maximum Gasteiger partial charge on any atom is 0.141 e. The molecule has 0 N–H and O–H groups in total. The van der Waals surface area contributed by atoms with Gasteiger partial charge in [0, 0.05) is 24.7 Å². The van der Waals surface area contributed by atoms with Crippen molar-refractivity contribution in [1.82, 2.24) is 9.88 Å². The number of likely N-dealkylation sites (tertiary alicyclic amines) is 1. The van der Waals surface area contributed by atoms with E-state index >= 15 is 0 Å². The summed E-state index contributed by atoms with van der Waals surface area (Å²) in [4.78, 5) is 6.81. The van der Waals surface area contributed by atoms with Crippen LogP contribution in [0.5, 0.6) is 0 Å². The van der Waals surface area contributed by atoms with E-state index in [1.165, 1.54) is 11.6 Å². The van der Waals surface area contributed by atoms with Crippen molar-refractivity contribution < 1.29 is 4.39 Å². The van der Waals surface area contributed by atoms with Crippen LogP contribution in [0.4, 0.5) is 4.39 Å². The highest BCUT2D eigenvalue weighted by Gasteiger charge is 2.30. The predicted molar refractivity (Wildman–Crippen MR) is 104 cm³/mol. The molecule has 1 unspecified atom stereocenters. The van der Waals surface area contributed by atoms with Crippen LogP contribution in [0.25, 0.3) is 11.3 Å². The van der Waals surface area contributed by atoms with Crippen LogP contribution >= 0.6 is 23.2 Å². The molecule has 1 atom stereocenters. The molecule has 5 heteroatoms. The van der Waals surface area contributed by atoms with E-state index in [1.807, 2.05) is 18.2 Å². The summed E-state index contributed by atoms with van der Waals surface area (Å²) in [6.45, 7) is 1.96. The lowest BCUT2D eigenvalue weighted by molar-refractivity contribution is 0.0819. The monoisotopic (exact) mass is 386 g/mol. The minimum absolute atomic E-state index is 0.0835. The highest BCUT2D eigenvalue weighted by Crippen LogP contribution is 2.37. The third kappa shape index (κ3) is 3.61. The van der Waals surface area contributed by atoms with E-state index in [0.29, 0.717) is 16.9 Å². The summed E-state index contributed by atoms with van der Waals surface area (Å²) in [5, 5.41) is 0.518. The normalized spacial score (nSPS) is 17.1. The Morgan fingerprint density at radius 1 is 1.04 bits per heavy atom. The zero-order chi connectivity index (χ0) is 18.1. The van der Waals surface area contributed by atoms with Gasteiger partial charge in [0.1, 0.15) is 11.0 Å². The lowest BCUT2D eigenvalue weighted by Crippen LogP contribution is -2.40. The van der Waals surface area contributed by atoms with Gasteiger partial charge in [-0.15, -0.1) is 0 Å². The van der Waals surface area contributed by atoms with Gasteiger partial charge in [-0.25, -0.2) is 9.37 Å². The first-order chi connectivity index (χ1) is 12.6. The van der Waals surface area contributed by atoms with Gasteiger partial charge in [-0.1, -0.05) is 53.5 Å². The average molecular weight is 387 g/mol. The molecule has 1 fully saturated rings. The Kier molecular flexibility index (Phi) is 4.94. The summed E-state index contributed by atoms with van der Waals surface area (Å²) in [5.41, 5.74) is 3.89. The number of halogens is 3. The van der Waals surface area contributed by atoms with Gasteiger partial charge in [0.25, 0.3) is 0 Å². The zero-order valence-corrected chi connectivity index (χ0v) is 15.5. The van der Waals surface area contributed by atoms with Gasteiger partial charge in [-0.3, -0.25) is 4.90 Å². The van der Waals surface area contributed by atoms with Crippen molar-refractivity contribution >= 4 is 23.2 Å². The van der Waals surface area contributed by atoms with Crippen LogP contribution in [-0.2, 0) is 6.54 Å². The van der Waals surface area contributed by atoms with E-state index in [4.69, 9.17) is 23.2 Å². The quantitative estimate of drug-likeness (QED) is 0.500. The van der Waals surface area contributed by atoms with Crippen molar-refractivity contribution in [1.29, 1.82) is 0 Å². The van der Waals surface area contributed by atoms with Gasteiger partial charge >= 0.3 is 0 Å². The molecule has 0 aliphatic carbocycles. The van der Waals surface area contributed by atoms with Crippen LogP contribution in [0.2, 0.25) is 10.2 Å². The van der Waals surface area contributed by atoms with Gasteiger partial charge in [0.05, 0.1) is 10.7 Å². The summed E-state index contributed by atoms with van der Waals surface area (Å²) < 4.78 is 13.4. The van der Waals surface area contributed by atoms with E-state index < -0.39 is 5.82 Å². The van der Waals surface area contributed by atoms with E-state index in [1.54, 1.807) is 12.1 Å². The highest BCUT2D eigenvalue weighted by molar-refractivity contribution is 6.31. The summed E-state index contributed by atoms with van der Waals surface area (Å²) in [6.07, 6.45) is 1.08. The SMILES string of the molecule is Fc1ccc(-c2cc(C3CCN3Cc3ccccc3)cc(Cl)n2)cc1Cl. The van der Waals surface area contributed by atoms with Gasteiger partial charge in [-0.05, 0) is 47.9 Å². The molecule has 3 aromatic rings. The molecule has 0 spiro atoms. The van der Waals surface area contributed by atoms with Crippen LogP contribution in [-0.4, -0.2) is 16.4 Å². The maximum atomic E-state index is 13.4. The zero-order valence-electron chi connectivity index (χ0n) is 14.0. The minimum Gasteiger partial charge on any atom is -0.292 e. The van der Waals surface area contributed by atoms with Crippen molar-refractivity contribution in [3.8, 4) is 11.3 Å².